The second-order valence-corrected chi connectivity index (χ2v) is 10.3. The molecule has 4 rings (SSSR count). The molecule has 8 heteroatoms. The van der Waals surface area contributed by atoms with Crippen LogP contribution in [0.4, 0.5) is 5.69 Å². The number of aryl methyl sites for hydroxylation is 1. The molecule has 3 amide bonds. The topological polar surface area (TPSA) is 94.4 Å². The monoisotopic (exact) mass is 526 g/mol. The second kappa shape index (κ2) is 12.5. The van der Waals surface area contributed by atoms with Crippen molar-refractivity contribution in [3.8, 4) is 6.07 Å². The Bertz CT molecular complexity index is 1340. The van der Waals surface area contributed by atoms with Crippen LogP contribution in [0.1, 0.15) is 49.9 Å². The predicted octanol–water partition coefficient (Wildman–Crippen LogP) is 5.14. The molecule has 1 saturated heterocycles. The van der Waals surface area contributed by atoms with Gasteiger partial charge in [-0.1, -0.05) is 80.6 Å². The first-order valence-corrected chi connectivity index (χ1v) is 13.7. The van der Waals surface area contributed by atoms with Gasteiger partial charge in [0, 0.05) is 12.2 Å². The van der Waals surface area contributed by atoms with Gasteiger partial charge < -0.3 is 4.90 Å². The molecule has 7 nitrogen and oxygen atoms in total. The van der Waals surface area contributed by atoms with Crippen molar-refractivity contribution < 1.29 is 14.4 Å². The number of hydrogen-bond donors (Lipinski definition) is 0. The molecule has 1 aliphatic heterocycles. The highest BCUT2D eigenvalue weighted by molar-refractivity contribution is 8.00. The van der Waals surface area contributed by atoms with Crippen LogP contribution < -0.4 is 4.90 Å². The zero-order valence-corrected chi connectivity index (χ0v) is 22.4. The van der Waals surface area contributed by atoms with Crippen molar-refractivity contribution in [2.45, 2.75) is 62.4 Å². The van der Waals surface area contributed by atoms with Crippen molar-refractivity contribution in [2.75, 3.05) is 4.90 Å². The number of aromatic nitrogens is 1. The molecule has 2 atom stereocenters. The fraction of sp³-hybridized carbons (Fsp3) is 0.300. The molecular weight excluding hydrogens is 496 g/mol. The van der Waals surface area contributed by atoms with Gasteiger partial charge in [-0.25, -0.2) is 9.88 Å². The zero-order chi connectivity index (χ0) is 27.1. The number of thioether (sulfide) groups is 1. The third kappa shape index (κ3) is 5.95. The van der Waals surface area contributed by atoms with Crippen LogP contribution >= 0.6 is 11.8 Å². The Labute approximate surface area is 227 Å². The molecule has 194 valence electrons. The van der Waals surface area contributed by atoms with E-state index in [2.05, 4.69) is 18.0 Å². The number of carbonyl (C=O) groups is 3. The molecule has 0 aliphatic carbocycles. The minimum atomic E-state index is -0.917. The summed E-state index contributed by atoms with van der Waals surface area (Å²) < 4.78 is 0. The summed E-state index contributed by atoms with van der Waals surface area (Å²) in [5.41, 5.74) is 2.64. The molecule has 0 bridgehead atoms. The number of amides is 3. The lowest BCUT2D eigenvalue weighted by molar-refractivity contribution is -0.138. The van der Waals surface area contributed by atoms with Crippen LogP contribution in [-0.4, -0.2) is 38.9 Å². The summed E-state index contributed by atoms with van der Waals surface area (Å²) in [4.78, 5) is 48.0. The van der Waals surface area contributed by atoms with Crippen molar-refractivity contribution in [2.24, 2.45) is 0 Å². The summed E-state index contributed by atoms with van der Waals surface area (Å²) in [5, 5.41) is 9.59. The average molecular weight is 527 g/mol. The Balaban J connectivity index is 1.66. The molecule has 0 N–H and O–H groups in total. The summed E-state index contributed by atoms with van der Waals surface area (Å²) in [6, 6.07) is 23.1. The van der Waals surface area contributed by atoms with Gasteiger partial charge in [-0.05, 0) is 42.7 Å². The molecule has 2 heterocycles. The number of anilines is 1. The van der Waals surface area contributed by atoms with Gasteiger partial charge in [0.05, 0.1) is 22.9 Å². The van der Waals surface area contributed by atoms with Crippen LogP contribution in [0.2, 0.25) is 0 Å². The summed E-state index contributed by atoms with van der Waals surface area (Å²) in [6.07, 6.45) is 2.08. The van der Waals surface area contributed by atoms with Crippen molar-refractivity contribution >= 4 is 35.2 Å². The molecule has 3 aromatic rings. The van der Waals surface area contributed by atoms with Gasteiger partial charge in [0.25, 0.3) is 5.91 Å². The number of rotatable bonds is 10. The minimum Gasteiger partial charge on any atom is -0.325 e. The Morgan fingerprint density at radius 3 is 2.39 bits per heavy atom. The molecule has 0 spiro atoms. The van der Waals surface area contributed by atoms with Gasteiger partial charge >= 0.3 is 0 Å². The van der Waals surface area contributed by atoms with E-state index in [0.717, 1.165) is 24.1 Å². The third-order valence-corrected chi connectivity index (χ3v) is 7.79. The van der Waals surface area contributed by atoms with E-state index in [4.69, 9.17) is 0 Å². The number of para-hydroxylation sites is 1. The van der Waals surface area contributed by atoms with Crippen molar-refractivity contribution in [1.29, 1.82) is 5.26 Å². The number of nitriles is 1. The summed E-state index contributed by atoms with van der Waals surface area (Å²) in [6.45, 7) is 4.15. The molecule has 0 saturated carbocycles. The van der Waals surface area contributed by atoms with Crippen molar-refractivity contribution in [3.05, 3.63) is 89.6 Å². The Morgan fingerprint density at radius 2 is 1.76 bits per heavy atom. The number of pyridine rings is 1. The fourth-order valence-corrected chi connectivity index (χ4v) is 5.59. The number of benzene rings is 2. The van der Waals surface area contributed by atoms with E-state index < -0.39 is 17.2 Å². The van der Waals surface area contributed by atoms with E-state index in [0.29, 0.717) is 22.7 Å². The smallest absolute Gasteiger partial charge is 0.257 e. The molecule has 1 aromatic heterocycles. The van der Waals surface area contributed by atoms with Crippen LogP contribution in [-0.2, 0) is 27.3 Å². The zero-order valence-electron chi connectivity index (χ0n) is 21.5. The van der Waals surface area contributed by atoms with Crippen LogP contribution in [0.3, 0.4) is 0 Å². The SMILES string of the molecule is CCCc1ccc(C#N)c(SC(CC)C(=O)N(Cc2ccccc2)C2CC(=O)N(c3ccccc3)C2=O)n1. The molecule has 0 radical (unpaired) electrons. The maximum absolute atomic E-state index is 14.1. The van der Waals surface area contributed by atoms with Gasteiger partial charge in [0.15, 0.2) is 0 Å². The summed E-state index contributed by atoms with van der Waals surface area (Å²) in [5.74, 6) is -1.00. The van der Waals surface area contributed by atoms with E-state index >= 15 is 0 Å². The fourth-order valence-electron chi connectivity index (χ4n) is 4.51. The quantitative estimate of drug-likeness (QED) is 0.268. The van der Waals surface area contributed by atoms with Crippen LogP contribution in [0.5, 0.6) is 0 Å². The Hall–Kier alpha value is -3.96. The van der Waals surface area contributed by atoms with Gasteiger partial charge in [0.2, 0.25) is 11.8 Å². The summed E-state index contributed by atoms with van der Waals surface area (Å²) >= 11 is 1.25. The van der Waals surface area contributed by atoms with E-state index in [1.807, 2.05) is 49.4 Å². The molecule has 1 fully saturated rings. The van der Waals surface area contributed by atoms with Crippen LogP contribution in [0.25, 0.3) is 0 Å². The van der Waals surface area contributed by atoms with E-state index in [9.17, 15) is 19.6 Å². The Kier molecular flexibility index (Phi) is 8.93. The molecule has 2 aromatic carbocycles. The van der Waals surface area contributed by atoms with Gasteiger partial charge in [-0.3, -0.25) is 14.4 Å². The first-order chi connectivity index (χ1) is 18.5. The van der Waals surface area contributed by atoms with Crippen molar-refractivity contribution in [3.63, 3.8) is 0 Å². The number of carbonyl (C=O) groups excluding carboxylic acids is 3. The lowest BCUT2D eigenvalue weighted by Crippen LogP contribution is -2.48. The number of hydrogen-bond acceptors (Lipinski definition) is 6. The highest BCUT2D eigenvalue weighted by Crippen LogP contribution is 2.32. The maximum Gasteiger partial charge on any atom is 0.257 e. The molecule has 2 unspecified atom stereocenters. The molecule has 1 aliphatic rings. The second-order valence-electron chi connectivity index (χ2n) is 9.11. The minimum absolute atomic E-state index is 0.0823. The number of nitrogens with zero attached hydrogens (tertiary/aromatic N) is 4. The van der Waals surface area contributed by atoms with Crippen LogP contribution in [0, 0.1) is 11.3 Å². The lowest BCUT2D eigenvalue weighted by atomic mass is 10.1. The summed E-state index contributed by atoms with van der Waals surface area (Å²) in [7, 11) is 0. The van der Waals surface area contributed by atoms with Gasteiger partial charge in [-0.2, -0.15) is 5.26 Å². The lowest BCUT2D eigenvalue weighted by Gasteiger charge is -2.31. The van der Waals surface area contributed by atoms with Gasteiger partial charge in [-0.15, -0.1) is 0 Å². The molecular formula is C30H30N4O3S. The highest BCUT2D eigenvalue weighted by Gasteiger charge is 2.45. The van der Waals surface area contributed by atoms with Crippen molar-refractivity contribution in [1.82, 2.24) is 9.88 Å². The highest BCUT2D eigenvalue weighted by atomic mass is 32.2. The first kappa shape index (κ1) is 27.1. The Morgan fingerprint density at radius 1 is 1.08 bits per heavy atom. The average Bonchev–Trinajstić information content (AvgIpc) is 3.24. The maximum atomic E-state index is 14.1. The predicted molar refractivity (Wildman–Crippen MR) is 147 cm³/mol. The normalized spacial score (nSPS) is 15.8. The standard InChI is InChI=1S/C30H30N4O3S/c1-3-11-23-17-16-22(19-31)28(32-23)38-26(4-2)30(37)33(20-21-12-7-5-8-13-21)25-18-27(35)34(29(25)36)24-14-9-6-10-15-24/h5-10,12-17,25-26H,3-4,11,18,20H2,1-2H3. The third-order valence-electron chi connectivity index (χ3n) is 6.44. The largest absolute Gasteiger partial charge is 0.325 e. The molecule has 38 heavy (non-hydrogen) atoms. The van der Waals surface area contributed by atoms with E-state index in [-0.39, 0.29) is 24.8 Å². The van der Waals surface area contributed by atoms with Crippen LogP contribution in [0.15, 0.2) is 77.8 Å². The first-order valence-electron chi connectivity index (χ1n) is 12.8. The van der Waals surface area contributed by atoms with E-state index in [1.165, 1.54) is 21.6 Å². The van der Waals surface area contributed by atoms with Gasteiger partial charge in [0.1, 0.15) is 17.1 Å². The van der Waals surface area contributed by atoms with E-state index in [1.54, 1.807) is 30.3 Å². The number of imide groups is 1.